The summed E-state index contributed by atoms with van der Waals surface area (Å²) in [5, 5.41) is 3.63. The van der Waals surface area contributed by atoms with Crippen molar-refractivity contribution in [3.8, 4) is 0 Å². The molecule has 0 aromatic heterocycles. The normalized spacial score (nSPS) is 24.9. The molecule has 0 radical (unpaired) electrons. The summed E-state index contributed by atoms with van der Waals surface area (Å²) >= 11 is 0. The molecule has 0 saturated heterocycles. The van der Waals surface area contributed by atoms with Gasteiger partial charge in [-0.05, 0) is 24.8 Å². The van der Waals surface area contributed by atoms with Crippen molar-refractivity contribution in [2.75, 3.05) is 6.54 Å². The molecule has 1 N–H and O–H groups in total. The van der Waals surface area contributed by atoms with Gasteiger partial charge in [-0.2, -0.15) is 0 Å². The first-order valence-corrected chi connectivity index (χ1v) is 6.21. The maximum Gasteiger partial charge on any atom is 0.0143 e. The standard InChI is InChI=1S/C14H21N/c1-3-7-13(8-4-1)11-12-15-14-9-5-2-6-10-14/h1,3-4,7,11,14-15H,2,5-6,8-10,12H2. The van der Waals surface area contributed by atoms with Crippen molar-refractivity contribution >= 4 is 0 Å². The second-order valence-electron chi connectivity index (χ2n) is 4.51. The summed E-state index contributed by atoms with van der Waals surface area (Å²) in [5.74, 6) is 0. The fraction of sp³-hybridized carbons (Fsp3) is 0.571. The van der Waals surface area contributed by atoms with Crippen molar-refractivity contribution in [3.05, 3.63) is 36.0 Å². The molecule has 0 spiro atoms. The maximum absolute atomic E-state index is 3.63. The van der Waals surface area contributed by atoms with Gasteiger partial charge in [0.05, 0.1) is 0 Å². The lowest BCUT2D eigenvalue weighted by molar-refractivity contribution is 0.385. The van der Waals surface area contributed by atoms with Gasteiger partial charge < -0.3 is 5.32 Å². The van der Waals surface area contributed by atoms with Crippen molar-refractivity contribution in [1.82, 2.24) is 5.32 Å². The van der Waals surface area contributed by atoms with Gasteiger partial charge in [-0.15, -0.1) is 0 Å². The zero-order valence-corrected chi connectivity index (χ0v) is 9.41. The van der Waals surface area contributed by atoms with Crippen LogP contribution in [0.3, 0.4) is 0 Å². The molecule has 0 amide bonds. The molecule has 0 unspecified atom stereocenters. The van der Waals surface area contributed by atoms with Crippen molar-refractivity contribution < 1.29 is 0 Å². The first-order chi connectivity index (χ1) is 7.45. The molecule has 0 aliphatic heterocycles. The van der Waals surface area contributed by atoms with Gasteiger partial charge in [0, 0.05) is 12.6 Å². The molecule has 0 bridgehead atoms. The number of hydrogen-bond donors (Lipinski definition) is 1. The lowest BCUT2D eigenvalue weighted by Crippen LogP contribution is -2.31. The molecule has 1 heteroatoms. The van der Waals surface area contributed by atoms with E-state index in [2.05, 4.69) is 35.7 Å². The summed E-state index contributed by atoms with van der Waals surface area (Å²) in [5.41, 5.74) is 1.45. The minimum absolute atomic E-state index is 0.777. The third-order valence-electron chi connectivity index (χ3n) is 3.29. The molecule has 2 aliphatic carbocycles. The molecule has 1 nitrogen and oxygen atoms in total. The Morgan fingerprint density at radius 3 is 2.80 bits per heavy atom. The predicted molar refractivity (Wildman–Crippen MR) is 65.9 cm³/mol. The summed E-state index contributed by atoms with van der Waals surface area (Å²) in [7, 11) is 0. The Hall–Kier alpha value is -0.820. The van der Waals surface area contributed by atoms with Crippen molar-refractivity contribution in [1.29, 1.82) is 0 Å². The highest BCUT2D eigenvalue weighted by Crippen LogP contribution is 2.17. The molecule has 1 saturated carbocycles. The zero-order valence-electron chi connectivity index (χ0n) is 9.41. The molecular weight excluding hydrogens is 182 g/mol. The van der Waals surface area contributed by atoms with E-state index in [0.29, 0.717) is 0 Å². The van der Waals surface area contributed by atoms with Crippen LogP contribution in [-0.2, 0) is 0 Å². The number of allylic oxidation sites excluding steroid dienone is 5. The minimum Gasteiger partial charge on any atom is -0.311 e. The van der Waals surface area contributed by atoms with E-state index >= 15 is 0 Å². The zero-order chi connectivity index (χ0) is 10.3. The molecule has 2 rings (SSSR count). The van der Waals surface area contributed by atoms with Crippen LogP contribution in [0.15, 0.2) is 36.0 Å². The van der Waals surface area contributed by atoms with Gasteiger partial charge in [0.25, 0.3) is 0 Å². The van der Waals surface area contributed by atoms with E-state index in [4.69, 9.17) is 0 Å². The minimum atomic E-state index is 0.777. The summed E-state index contributed by atoms with van der Waals surface area (Å²) in [6.45, 7) is 1.04. The number of nitrogens with one attached hydrogen (secondary N) is 1. The Labute approximate surface area is 93.0 Å². The Kier molecular flexibility index (Phi) is 4.22. The quantitative estimate of drug-likeness (QED) is 0.741. The summed E-state index contributed by atoms with van der Waals surface area (Å²) in [4.78, 5) is 0. The van der Waals surface area contributed by atoms with E-state index in [9.17, 15) is 0 Å². The van der Waals surface area contributed by atoms with Crippen molar-refractivity contribution in [2.45, 2.75) is 44.6 Å². The molecule has 15 heavy (non-hydrogen) atoms. The van der Waals surface area contributed by atoms with Gasteiger partial charge >= 0.3 is 0 Å². The van der Waals surface area contributed by atoms with Crippen LogP contribution in [0.2, 0.25) is 0 Å². The lowest BCUT2D eigenvalue weighted by Gasteiger charge is -2.22. The third-order valence-corrected chi connectivity index (χ3v) is 3.29. The van der Waals surface area contributed by atoms with Crippen LogP contribution in [0.5, 0.6) is 0 Å². The Balaban J connectivity index is 1.69. The highest BCUT2D eigenvalue weighted by atomic mass is 14.9. The average Bonchev–Trinajstić information content (AvgIpc) is 2.32. The lowest BCUT2D eigenvalue weighted by atomic mass is 9.95. The first kappa shape index (κ1) is 10.7. The van der Waals surface area contributed by atoms with Gasteiger partial charge in [0.1, 0.15) is 0 Å². The van der Waals surface area contributed by atoms with E-state index in [1.807, 2.05) is 0 Å². The first-order valence-electron chi connectivity index (χ1n) is 6.21. The average molecular weight is 203 g/mol. The molecule has 0 aromatic rings. The fourth-order valence-electron chi connectivity index (χ4n) is 2.34. The monoisotopic (exact) mass is 203 g/mol. The van der Waals surface area contributed by atoms with Crippen LogP contribution in [0.1, 0.15) is 38.5 Å². The van der Waals surface area contributed by atoms with E-state index in [-0.39, 0.29) is 0 Å². The predicted octanol–water partition coefficient (Wildman–Crippen LogP) is 3.35. The van der Waals surface area contributed by atoms with Gasteiger partial charge in [0.15, 0.2) is 0 Å². The van der Waals surface area contributed by atoms with Crippen LogP contribution < -0.4 is 5.32 Å². The van der Waals surface area contributed by atoms with Crippen LogP contribution in [0, 0.1) is 0 Å². The van der Waals surface area contributed by atoms with Crippen molar-refractivity contribution in [2.24, 2.45) is 0 Å². The van der Waals surface area contributed by atoms with E-state index in [1.165, 1.54) is 37.7 Å². The van der Waals surface area contributed by atoms with Crippen LogP contribution >= 0.6 is 0 Å². The van der Waals surface area contributed by atoms with Gasteiger partial charge in [-0.1, -0.05) is 49.6 Å². The van der Waals surface area contributed by atoms with Crippen LogP contribution in [-0.4, -0.2) is 12.6 Å². The van der Waals surface area contributed by atoms with E-state index in [1.54, 1.807) is 0 Å². The molecule has 2 aliphatic rings. The number of rotatable bonds is 3. The molecule has 0 heterocycles. The summed E-state index contributed by atoms with van der Waals surface area (Å²) in [6, 6.07) is 0.777. The number of hydrogen-bond acceptors (Lipinski definition) is 1. The smallest absolute Gasteiger partial charge is 0.0143 e. The van der Waals surface area contributed by atoms with Gasteiger partial charge in [0.2, 0.25) is 0 Å². The van der Waals surface area contributed by atoms with E-state index < -0.39 is 0 Å². The van der Waals surface area contributed by atoms with Crippen LogP contribution in [0.4, 0.5) is 0 Å². The molecule has 82 valence electrons. The maximum atomic E-state index is 3.63. The second-order valence-corrected chi connectivity index (χ2v) is 4.51. The van der Waals surface area contributed by atoms with Gasteiger partial charge in [-0.25, -0.2) is 0 Å². The van der Waals surface area contributed by atoms with Gasteiger partial charge in [-0.3, -0.25) is 0 Å². The molecular formula is C14H21N. The Bertz CT molecular complexity index is 267. The highest BCUT2D eigenvalue weighted by Gasteiger charge is 2.11. The molecule has 1 fully saturated rings. The molecule has 0 aromatic carbocycles. The summed E-state index contributed by atoms with van der Waals surface area (Å²) in [6.07, 6.45) is 19.1. The van der Waals surface area contributed by atoms with Crippen molar-refractivity contribution in [3.63, 3.8) is 0 Å². The summed E-state index contributed by atoms with van der Waals surface area (Å²) < 4.78 is 0. The fourth-order valence-corrected chi connectivity index (χ4v) is 2.34. The second kappa shape index (κ2) is 5.92. The molecule has 0 atom stereocenters. The third kappa shape index (κ3) is 3.67. The Morgan fingerprint density at radius 1 is 1.20 bits per heavy atom. The largest absolute Gasteiger partial charge is 0.311 e. The Morgan fingerprint density at radius 2 is 2.07 bits per heavy atom. The van der Waals surface area contributed by atoms with Crippen LogP contribution in [0.25, 0.3) is 0 Å². The van der Waals surface area contributed by atoms with E-state index in [0.717, 1.165) is 19.0 Å². The SMILES string of the molecule is C1=CCC(=CCNC2CCCCC2)C=C1. The topological polar surface area (TPSA) is 12.0 Å². The highest BCUT2D eigenvalue weighted by molar-refractivity contribution is 5.29.